The van der Waals surface area contributed by atoms with Crippen LogP contribution in [0.1, 0.15) is 52.8 Å². The van der Waals surface area contributed by atoms with Crippen LogP contribution in [-0.2, 0) is 17.8 Å². The van der Waals surface area contributed by atoms with Gasteiger partial charge in [0.05, 0.1) is 10.3 Å². The molecule has 2 heterocycles. The molecule has 3 N–H and O–H groups in total. The maximum Gasteiger partial charge on any atom is 0.266 e. The number of aromatic nitrogens is 2. The Hall–Kier alpha value is -3.00. The molecule has 0 fully saturated rings. The summed E-state index contributed by atoms with van der Waals surface area (Å²) in [6, 6.07) is 7.55. The molecular weight excluding hydrogens is 400 g/mol. The number of carbonyl (C=O) groups excluding carboxylic acids is 2. The molecular formula is C22H26N4O3S. The van der Waals surface area contributed by atoms with E-state index >= 15 is 0 Å². The summed E-state index contributed by atoms with van der Waals surface area (Å²) in [4.78, 5) is 43.0. The van der Waals surface area contributed by atoms with Crippen molar-refractivity contribution in [3.05, 3.63) is 56.4 Å². The molecule has 7 nitrogen and oxygen atoms in total. The van der Waals surface area contributed by atoms with Crippen molar-refractivity contribution in [2.24, 2.45) is 5.73 Å². The van der Waals surface area contributed by atoms with Crippen molar-refractivity contribution in [3.63, 3.8) is 0 Å². The van der Waals surface area contributed by atoms with Crippen LogP contribution < -0.4 is 16.6 Å². The summed E-state index contributed by atoms with van der Waals surface area (Å²) in [5, 5.41) is 3.40. The van der Waals surface area contributed by atoms with Crippen molar-refractivity contribution in [1.29, 1.82) is 0 Å². The number of hydrogen-bond donors (Lipinski definition) is 2. The average molecular weight is 427 g/mol. The molecule has 0 radical (unpaired) electrons. The highest BCUT2D eigenvalue weighted by Gasteiger charge is 2.21. The van der Waals surface area contributed by atoms with E-state index in [0.717, 1.165) is 17.7 Å². The zero-order valence-corrected chi connectivity index (χ0v) is 18.3. The Morgan fingerprint density at radius 3 is 2.63 bits per heavy atom. The average Bonchev–Trinajstić information content (AvgIpc) is 3.02. The summed E-state index contributed by atoms with van der Waals surface area (Å²) in [6.45, 7) is 6.10. The number of para-hydroxylation sites is 1. The molecule has 0 aliphatic heterocycles. The van der Waals surface area contributed by atoms with Crippen LogP contribution in [0.2, 0.25) is 0 Å². The van der Waals surface area contributed by atoms with Gasteiger partial charge in [-0.3, -0.25) is 19.0 Å². The summed E-state index contributed by atoms with van der Waals surface area (Å²) < 4.78 is 1.62. The van der Waals surface area contributed by atoms with E-state index in [2.05, 4.69) is 5.32 Å². The molecule has 0 aliphatic rings. The number of nitrogens with zero attached hydrogens (tertiary/aromatic N) is 2. The fraction of sp³-hybridized carbons (Fsp3) is 0.364. The van der Waals surface area contributed by atoms with Gasteiger partial charge >= 0.3 is 0 Å². The number of rotatable bonds is 8. The van der Waals surface area contributed by atoms with Crippen molar-refractivity contribution >= 4 is 39.1 Å². The van der Waals surface area contributed by atoms with Gasteiger partial charge in [0.25, 0.3) is 11.5 Å². The normalized spacial score (nSPS) is 11.0. The standard InChI is InChI=1S/C22H26N4O3S/c1-4-8-17-25-21-18(22(29)26(17)12-7-11-16(23)27)14(3)19(30-21)20(28)24-15-10-6-5-9-13(15)2/h5-6,9-10H,4,7-8,11-12H2,1-3H3,(H2,23,27)(H,24,28). The second kappa shape index (κ2) is 9.21. The molecule has 8 heteroatoms. The summed E-state index contributed by atoms with van der Waals surface area (Å²) in [7, 11) is 0. The molecule has 158 valence electrons. The van der Waals surface area contributed by atoms with Crippen molar-refractivity contribution in [1.82, 2.24) is 9.55 Å². The Morgan fingerprint density at radius 1 is 1.23 bits per heavy atom. The molecule has 0 aliphatic carbocycles. The molecule has 0 spiro atoms. The lowest BCUT2D eigenvalue weighted by Crippen LogP contribution is -2.26. The second-order valence-electron chi connectivity index (χ2n) is 7.31. The van der Waals surface area contributed by atoms with Crippen molar-refractivity contribution in [2.75, 3.05) is 5.32 Å². The van der Waals surface area contributed by atoms with Crippen molar-refractivity contribution < 1.29 is 9.59 Å². The van der Waals surface area contributed by atoms with Crippen LogP contribution in [-0.4, -0.2) is 21.4 Å². The van der Waals surface area contributed by atoms with Gasteiger partial charge in [0.15, 0.2) is 0 Å². The molecule has 3 aromatic rings. The number of aryl methyl sites for hydroxylation is 3. The van der Waals surface area contributed by atoms with E-state index < -0.39 is 5.91 Å². The minimum Gasteiger partial charge on any atom is -0.370 e. The highest BCUT2D eigenvalue weighted by atomic mass is 32.1. The highest BCUT2D eigenvalue weighted by Crippen LogP contribution is 2.29. The predicted octanol–water partition coefficient (Wildman–Crippen LogP) is 3.55. The molecule has 0 saturated heterocycles. The maximum atomic E-state index is 13.3. The zero-order chi connectivity index (χ0) is 21.8. The number of nitrogens with one attached hydrogen (secondary N) is 1. The van der Waals surface area contributed by atoms with Gasteiger partial charge < -0.3 is 11.1 Å². The van der Waals surface area contributed by atoms with Crippen LogP contribution in [0, 0.1) is 13.8 Å². The van der Waals surface area contributed by atoms with Gasteiger partial charge in [-0.1, -0.05) is 25.1 Å². The van der Waals surface area contributed by atoms with Gasteiger partial charge in [-0.05, 0) is 43.9 Å². The number of hydrogen-bond acceptors (Lipinski definition) is 5. The van der Waals surface area contributed by atoms with E-state index in [1.165, 1.54) is 11.3 Å². The van der Waals surface area contributed by atoms with Crippen LogP contribution >= 0.6 is 11.3 Å². The number of amides is 2. The van der Waals surface area contributed by atoms with Gasteiger partial charge in [0.2, 0.25) is 5.91 Å². The van der Waals surface area contributed by atoms with E-state index in [9.17, 15) is 14.4 Å². The second-order valence-corrected chi connectivity index (χ2v) is 8.31. The van der Waals surface area contributed by atoms with Crippen molar-refractivity contribution in [2.45, 2.75) is 53.0 Å². The Morgan fingerprint density at radius 2 is 1.97 bits per heavy atom. The van der Waals surface area contributed by atoms with Crippen LogP contribution in [0.3, 0.4) is 0 Å². The molecule has 3 rings (SSSR count). The third kappa shape index (κ3) is 4.43. The SMILES string of the molecule is CCCc1nc2sc(C(=O)Nc3ccccc3C)c(C)c2c(=O)n1CCCC(N)=O. The Bertz CT molecular complexity index is 1160. The first kappa shape index (κ1) is 21.7. The maximum absolute atomic E-state index is 13.3. The van der Waals surface area contributed by atoms with Crippen molar-refractivity contribution in [3.8, 4) is 0 Å². The molecule has 0 saturated carbocycles. The molecule has 0 unspecified atom stereocenters. The first-order valence-corrected chi connectivity index (χ1v) is 10.8. The number of fused-ring (bicyclic) bond motifs is 1. The van der Waals surface area contributed by atoms with E-state index in [4.69, 9.17) is 10.7 Å². The van der Waals surface area contributed by atoms with Gasteiger partial charge in [-0.2, -0.15) is 0 Å². The zero-order valence-electron chi connectivity index (χ0n) is 17.4. The first-order valence-electron chi connectivity index (χ1n) is 10.0. The molecule has 1 aromatic carbocycles. The Labute approximate surface area is 178 Å². The minimum atomic E-state index is -0.393. The monoisotopic (exact) mass is 426 g/mol. The van der Waals surface area contributed by atoms with Crippen LogP contribution in [0.25, 0.3) is 10.2 Å². The molecule has 30 heavy (non-hydrogen) atoms. The van der Waals surface area contributed by atoms with Gasteiger partial charge in [0, 0.05) is 25.1 Å². The first-order chi connectivity index (χ1) is 14.3. The minimum absolute atomic E-state index is 0.170. The third-order valence-electron chi connectivity index (χ3n) is 5.01. The lowest BCUT2D eigenvalue weighted by atomic mass is 10.1. The van der Waals surface area contributed by atoms with Gasteiger partial charge in [0.1, 0.15) is 10.7 Å². The Kier molecular flexibility index (Phi) is 6.66. The van der Waals surface area contributed by atoms with Crippen LogP contribution in [0.15, 0.2) is 29.1 Å². The predicted molar refractivity (Wildman–Crippen MR) is 120 cm³/mol. The molecule has 0 bridgehead atoms. The van der Waals surface area contributed by atoms with Crippen LogP contribution in [0.4, 0.5) is 5.69 Å². The van der Waals surface area contributed by atoms with E-state index in [-0.39, 0.29) is 17.9 Å². The highest BCUT2D eigenvalue weighted by molar-refractivity contribution is 7.20. The van der Waals surface area contributed by atoms with E-state index in [1.54, 1.807) is 11.5 Å². The molecule has 2 amide bonds. The largest absolute Gasteiger partial charge is 0.370 e. The third-order valence-corrected chi connectivity index (χ3v) is 6.19. The summed E-state index contributed by atoms with van der Waals surface area (Å²) in [5.74, 6) is 0.0316. The Balaban J connectivity index is 2.02. The summed E-state index contributed by atoms with van der Waals surface area (Å²) >= 11 is 1.24. The fourth-order valence-electron chi connectivity index (χ4n) is 3.42. The quantitative estimate of drug-likeness (QED) is 0.574. The number of primary amides is 1. The smallest absolute Gasteiger partial charge is 0.266 e. The lowest BCUT2D eigenvalue weighted by Gasteiger charge is -2.11. The number of carbonyl (C=O) groups is 2. The van der Waals surface area contributed by atoms with E-state index in [0.29, 0.717) is 45.9 Å². The number of benzene rings is 1. The fourth-order valence-corrected chi connectivity index (χ4v) is 4.51. The van der Waals surface area contributed by atoms with Gasteiger partial charge in [-0.25, -0.2) is 4.98 Å². The number of anilines is 1. The molecule has 0 atom stereocenters. The number of thiophene rings is 1. The summed E-state index contributed by atoms with van der Waals surface area (Å²) in [6.07, 6.45) is 2.16. The topological polar surface area (TPSA) is 107 Å². The van der Waals surface area contributed by atoms with Crippen LogP contribution in [0.5, 0.6) is 0 Å². The summed E-state index contributed by atoms with van der Waals surface area (Å²) in [5.41, 5.74) is 7.39. The molecule has 2 aromatic heterocycles. The van der Waals surface area contributed by atoms with E-state index in [1.807, 2.05) is 38.1 Å². The lowest BCUT2D eigenvalue weighted by molar-refractivity contribution is -0.118. The van der Waals surface area contributed by atoms with Gasteiger partial charge in [-0.15, -0.1) is 11.3 Å². The number of nitrogens with two attached hydrogens (primary N) is 1.